The fourth-order valence-corrected chi connectivity index (χ4v) is 1.72. The minimum Gasteiger partial charge on any atom is -0.405 e. The van der Waals surface area contributed by atoms with Crippen LogP contribution in [0.2, 0.25) is 0 Å². The fraction of sp³-hybridized carbons (Fsp3) is 0.400. The van der Waals surface area contributed by atoms with E-state index >= 15 is 0 Å². The zero-order valence-electron chi connectivity index (χ0n) is 8.85. The zero-order chi connectivity index (χ0) is 13.9. The first-order chi connectivity index (χ1) is 8.19. The van der Waals surface area contributed by atoms with Crippen molar-refractivity contribution in [2.75, 3.05) is 0 Å². The molecule has 0 heterocycles. The largest absolute Gasteiger partial charge is 0.573 e. The smallest absolute Gasteiger partial charge is 0.405 e. The Balaban J connectivity index is 3.03. The van der Waals surface area contributed by atoms with Crippen molar-refractivity contribution >= 4 is 15.9 Å². The molecule has 102 valence electrons. The lowest BCUT2D eigenvalue weighted by atomic mass is 10.0. The van der Waals surface area contributed by atoms with Crippen LogP contribution in [0.1, 0.15) is 18.0 Å². The SMILES string of the molecule is N[C@@H](CC(F)F)c1cc(Br)ccc1OC(F)(F)F. The molecule has 1 atom stereocenters. The van der Waals surface area contributed by atoms with Gasteiger partial charge in [0, 0.05) is 22.5 Å². The highest BCUT2D eigenvalue weighted by molar-refractivity contribution is 9.10. The summed E-state index contributed by atoms with van der Waals surface area (Å²) in [6.07, 6.45) is -8.35. The summed E-state index contributed by atoms with van der Waals surface area (Å²) in [6, 6.07) is 2.33. The second-order valence-corrected chi connectivity index (χ2v) is 4.38. The quantitative estimate of drug-likeness (QED) is 0.845. The maximum atomic E-state index is 12.2. The molecule has 0 unspecified atom stereocenters. The summed E-state index contributed by atoms with van der Waals surface area (Å²) < 4.78 is 64.9. The number of hydrogen-bond acceptors (Lipinski definition) is 2. The summed E-state index contributed by atoms with van der Waals surface area (Å²) in [5.41, 5.74) is 5.31. The maximum Gasteiger partial charge on any atom is 0.573 e. The molecule has 18 heavy (non-hydrogen) atoms. The number of rotatable bonds is 4. The number of hydrogen-bond donors (Lipinski definition) is 1. The number of nitrogens with two attached hydrogens (primary N) is 1. The van der Waals surface area contributed by atoms with Gasteiger partial charge in [0.25, 0.3) is 0 Å². The van der Waals surface area contributed by atoms with Crippen LogP contribution < -0.4 is 10.5 Å². The molecule has 1 aromatic rings. The van der Waals surface area contributed by atoms with Crippen molar-refractivity contribution in [3.05, 3.63) is 28.2 Å². The molecule has 0 aliphatic heterocycles. The summed E-state index contributed by atoms with van der Waals surface area (Å²) >= 11 is 3.03. The Kier molecular flexibility index (Phi) is 4.92. The van der Waals surface area contributed by atoms with E-state index in [1.807, 2.05) is 0 Å². The summed E-state index contributed by atoms with van der Waals surface area (Å²) in [6.45, 7) is 0. The number of benzene rings is 1. The van der Waals surface area contributed by atoms with E-state index in [1.165, 1.54) is 12.1 Å². The summed E-state index contributed by atoms with van der Waals surface area (Å²) in [5.74, 6) is -0.571. The van der Waals surface area contributed by atoms with Gasteiger partial charge in [0.2, 0.25) is 6.43 Å². The molecule has 8 heteroatoms. The van der Waals surface area contributed by atoms with E-state index in [1.54, 1.807) is 0 Å². The second-order valence-electron chi connectivity index (χ2n) is 3.46. The van der Waals surface area contributed by atoms with Gasteiger partial charge in [0.15, 0.2) is 0 Å². The highest BCUT2D eigenvalue weighted by Crippen LogP contribution is 2.33. The van der Waals surface area contributed by atoms with E-state index in [4.69, 9.17) is 5.73 Å². The van der Waals surface area contributed by atoms with Crippen LogP contribution in [0, 0.1) is 0 Å². The Labute approximate surface area is 108 Å². The fourth-order valence-electron chi connectivity index (χ4n) is 1.35. The first kappa shape index (κ1) is 15.2. The van der Waals surface area contributed by atoms with Crippen LogP contribution in [0.5, 0.6) is 5.75 Å². The van der Waals surface area contributed by atoms with Gasteiger partial charge in [-0.25, -0.2) is 8.78 Å². The van der Waals surface area contributed by atoms with E-state index in [-0.39, 0.29) is 5.56 Å². The van der Waals surface area contributed by atoms with Gasteiger partial charge in [-0.1, -0.05) is 15.9 Å². The highest BCUT2D eigenvalue weighted by atomic mass is 79.9. The average Bonchev–Trinajstić information content (AvgIpc) is 2.17. The molecule has 0 saturated heterocycles. The van der Waals surface area contributed by atoms with Crippen molar-refractivity contribution in [1.29, 1.82) is 0 Å². The van der Waals surface area contributed by atoms with E-state index < -0.39 is 31.0 Å². The summed E-state index contributed by atoms with van der Waals surface area (Å²) in [4.78, 5) is 0. The van der Waals surface area contributed by atoms with Crippen LogP contribution in [0.3, 0.4) is 0 Å². The third-order valence-corrected chi connectivity index (χ3v) is 2.52. The van der Waals surface area contributed by atoms with Crippen LogP contribution in [-0.4, -0.2) is 12.8 Å². The van der Waals surface area contributed by atoms with E-state index in [0.29, 0.717) is 4.47 Å². The van der Waals surface area contributed by atoms with Crippen molar-refractivity contribution in [3.63, 3.8) is 0 Å². The number of alkyl halides is 5. The van der Waals surface area contributed by atoms with Crippen molar-refractivity contribution in [2.45, 2.75) is 25.3 Å². The lowest BCUT2D eigenvalue weighted by Crippen LogP contribution is -2.21. The lowest BCUT2D eigenvalue weighted by molar-refractivity contribution is -0.275. The van der Waals surface area contributed by atoms with Gasteiger partial charge in [-0.05, 0) is 18.2 Å². The Hall–Kier alpha value is -0.890. The monoisotopic (exact) mass is 333 g/mol. The van der Waals surface area contributed by atoms with Crippen molar-refractivity contribution in [2.24, 2.45) is 5.73 Å². The van der Waals surface area contributed by atoms with E-state index in [0.717, 1.165) is 6.07 Å². The van der Waals surface area contributed by atoms with Gasteiger partial charge < -0.3 is 10.5 Å². The highest BCUT2D eigenvalue weighted by Gasteiger charge is 2.33. The molecule has 0 spiro atoms. The molecule has 2 nitrogen and oxygen atoms in total. The van der Waals surface area contributed by atoms with Gasteiger partial charge in [0.1, 0.15) is 5.75 Å². The van der Waals surface area contributed by atoms with Crippen LogP contribution in [-0.2, 0) is 0 Å². The minimum absolute atomic E-state index is 0.123. The minimum atomic E-state index is -4.90. The lowest BCUT2D eigenvalue weighted by Gasteiger charge is -2.18. The van der Waals surface area contributed by atoms with Crippen molar-refractivity contribution in [3.8, 4) is 5.75 Å². The van der Waals surface area contributed by atoms with E-state index in [9.17, 15) is 22.0 Å². The summed E-state index contributed by atoms with van der Waals surface area (Å²) in [7, 11) is 0. The zero-order valence-corrected chi connectivity index (χ0v) is 10.4. The molecule has 0 aliphatic rings. The molecule has 0 saturated carbocycles. The molecule has 0 aliphatic carbocycles. The summed E-state index contributed by atoms with van der Waals surface area (Å²) in [5, 5.41) is 0. The molecule has 0 amide bonds. The normalized spacial score (nSPS) is 13.8. The van der Waals surface area contributed by atoms with E-state index in [2.05, 4.69) is 20.7 Å². The van der Waals surface area contributed by atoms with Crippen molar-refractivity contribution in [1.82, 2.24) is 0 Å². The molecule has 1 aromatic carbocycles. The Morgan fingerprint density at radius 2 is 1.89 bits per heavy atom. The van der Waals surface area contributed by atoms with Crippen LogP contribution in [0.15, 0.2) is 22.7 Å². The first-order valence-corrected chi connectivity index (χ1v) is 5.57. The van der Waals surface area contributed by atoms with Crippen LogP contribution in [0.25, 0.3) is 0 Å². The van der Waals surface area contributed by atoms with Crippen molar-refractivity contribution < 1.29 is 26.7 Å². The molecule has 0 aromatic heterocycles. The Morgan fingerprint density at radius 3 is 2.39 bits per heavy atom. The predicted octanol–water partition coefficient (Wildman–Crippen LogP) is 4.00. The molecule has 0 fully saturated rings. The number of ether oxygens (including phenoxy) is 1. The molecular weight excluding hydrogens is 325 g/mol. The molecule has 1 rings (SSSR count). The van der Waals surface area contributed by atoms with Gasteiger partial charge in [-0.15, -0.1) is 13.2 Å². The third kappa shape index (κ3) is 4.77. The average molecular weight is 334 g/mol. The topological polar surface area (TPSA) is 35.2 Å². The second kappa shape index (κ2) is 5.83. The maximum absolute atomic E-state index is 12.2. The predicted molar refractivity (Wildman–Crippen MR) is 58.4 cm³/mol. The van der Waals surface area contributed by atoms with Gasteiger partial charge >= 0.3 is 6.36 Å². The first-order valence-electron chi connectivity index (χ1n) is 4.78. The molecule has 2 N–H and O–H groups in total. The molecular formula is C10H9BrF5NO. The molecule has 0 bridgehead atoms. The van der Waals surface area contributed by atoms with Crippen LogP contribution >= 0.6 is 15.9 Å². The van der Waals surface area contributed by atoms with Crippen LogP contribution in [0.4, 0.5) is 22.0 Å². The molecule has 0 radical (unpaired) electrons. The Bertz CT molecular complexity index is 410. The van der Waals surface area contributed by atoms with Gasteiger partial charge in [-0.2, -0.15) is 0 Å². The standard InChI is InChI=1S/C10H9BrF5NO/c11-5-1-2-8(18-10(14,15)16)6(3-5)7(17)4-9(12)13/h1-3,7,9H,4,17H2/t7-/m0/s1. The van der Waals surface area contributed by atoms with Gasteiger partial charge in [-0.3, -0.25) is 0 Å². The number of halogens is 6. The Morgan fingerprint density at radius 1 is 1.28 bits per heavy atom. The third-order valence-electron chi connectivity index (χ3n) is 2.03. The van der Waals surface area contributed by atoms with Gasteiger partial charge in [0.05, 0.1) is 0 Å².